The fourth-order valence-electron chi connectivity index (χ4n) is 1.60. The molecule has 1 aromatic carbocycles. The minimum absolute atomic E-state index is 0.489. The summed E-state index contributed by atoms with van der Waals surface area (Å²) < 4.78 is 2.19. The van der Waals surface area contributed by atoms with E-state index in [1.807, 2.05) is 24.5 Å². The molecule has 0 spiro atoms. The van der Waals surface area contributed by atoms with Crippen molar-refractivity contribution < 1.29 is 0 Å². The van der Waals surface area contributed by atoms with E-state index in [0.29, 0.717) is 6.04 Å². The molecule has 0 radical (unpaired) electrons. The topological polar surface area (TPSA) is 43.8 Å². The average molecular weight is 189 g/mol. The fraction of sp³-hybridized carbons (Fsp3) is 0.364. The molecule has 0 aliphatic rings. The Morgan fingerprint density at radius 3 is 3.00 bits per heavy atom. The minimum atomic E-state index is 0.489. The molecular formula is C11H15N3. The van der Waals surface area contributed by atoms with Crippen molar-refractivity contribution in [3.8, 4) is 0 Å². The van der Waals surface area contributed by atoms with Crippen LogP contribution in [-0.2, 0) is 0 Å². The van der Waals surface area contributed by atoms with Crippen molar-refractivity contribution in [1.82, 2.24) is 9.55 Å². The Labute approximate surface area is 83.6 Å². The lowest BCUT2D eigenvalue weighted by atomic mass is 10.2. The third-order valence-electron chi connectivity index (χ3n) is 2.66. The molecule has 74 valence electrons. The van der Waals surface area contributed by atoms with Crippen LogP contribution in [0.4, 0.5) is 5.69 Å². The van der Waals surface area contributed by atoms with Crippen molar-refractivity contribution in [2.45, 2.75) is 26.3 Å². The second-order valence-electron chi connectivity index (χ2n) is 3.66. The smallest absolute Gasteiger partial charge is 0.0960 e. The van der Waals surface area contributed by atoms with E-state index >= 15 is 0 Å². The maximum atomic E-state index is 5.69. The van der Waals surface area contributed by atoms with E-state index in [9.17, 15) is 0 Å². The van der Waals surface area contributed by atoms with Crippen LogP contribution in [0.15, 0.2) is 24.5 Å². The Hall–Kier alpha value is -1.51. The van der Waals surface area contributed by atoms with Gasteiger partial charge in [-0.15, -0.1) is 0 Å². The summed E-state index contributed by atoms with van der Waals surface area (Å²) >= 11 is 0. The molecule has 14 heavy (non-hydrogen) atoms. The number of imidazole rings is 1. The standard InChI is InChI=1S/C11H15N3/c1-3-8(2)14-7-13-10-6-9(12)4-5-11(10)14/h4-8H,3,12H2,1-2H3. The maximum absolute atomic E-state index is 5.69. The van der Waals surface area contributed by atoms with Crippen molar-refractivity contribution in [2.24, 2.45) is 0 Å². The van der Waals surface area contributed by atoms with Gasteiger partial charge in [-0.3, -0.25) is 0 Å². The van der Waals surface area contributed by atoms with Gasteiger partial charge in [0.1, 0.15) is 0 Å². The molecule has 1 unspecified atom stereocenters. The molecule has 0 saturated carbocycles. The first-order valence-electron chi connectivity index (χ1n) is 4.94. The molecule has 3 nitrogen and oxygen atoms in total. The highest BCUT2D eigenvalue weighted by molar-refractivity contribution is 5.79. The van der Waals surface area contributed by atoms with Crippen molar-refractivity contribution >= 4 is 16.7 Å². The highest BCUT2D eigenvalue weighted by atomic mass is 15.1. The number of nitrogens with two attached hydrogens (primary N) is 1. The molecule has 1 aromatic heterocycles. The number of benzene rings is 1. The van der Waals surface area contributed by atoms with Gasteiger partial charge in [-0.1, -0.05) is 6.92 Å². The molecule has 2 aromatic rings. The van der Waals surface area contributed by atoms with Crippen molar-refractivity contribution in [2.75, 3.05) is 5.73 Å². The van der Waals surface area contributed by atoms with Crippen LogP contribution in [0.5, 0.6) is 0 Å². The second kappa shape index (κ2) is 3.33. The summed E-state index contributed by atoms with van der Waals surface area (Å²) in [5.74, 6) is 0. The fourth-order valence-corrected chi connectivity index (χ4v) is 1.60. The number of fused-ring (bicyclic) bond motifs is 1. The summed E-state index contributed by atoms with van der Waals surface area (Å²) in [5.41, 5.74) is 8.60. The largest absolute Gasteiger partial charge is 0.399 e. The van der Waals surface area contributed by atoms with Crippen LogP contribution in [0.3, 0.4) is 0 Å². The van der Waals surface area contributed by atoms with E-state index in [4.69, 9.17) is 5.73 Å². The van der Waals surface area contributed by atoms with Crippen molar-refractivity contribution in [3.05, 3.63) is 24.5 Å². The Morgan fingerprint density at radius 2 is 2.29 bits per heavy atom. The number of nitrogens with zero attached hydrogens (tertiary/aromatic N) is 2. The predicted molar refractivity (Wildman–Crippen MR) is 59.1 cm³/mol. The number of hydrogen-bond acceptors (Lipinski definition) is 2. The second-order valence-corrected chi connectivity index (χ2v) is 3.66. The maximum Gasteiger partial charge on any atom is 0.0960 e. The van der Waals surface area contributed by atoms with Gasteiger partial charge < -0.3 is 10.3 Å². The molecule has 0 saturated heterocycles. The van der Waals surface area contributed by atoms with E-state index in [0.717, 1.165) is 23.1 Å². The van der Waals surface area contributed by atoms with Crippen LogP contribution >= 0.6 is 0 Å². The third kappa shape index (κ3) is 1.35. The van der Waals surface area contributed by atoms with Gasteiger partial charge >= 0.3 is 0 Å². The zero-order chi connectivity index (χ0) is 10.1. The van der Waals surface area contributed by atoms with Crippen LogP contribution < -0.4 is 5.73 Å². The molecular weight excluding hydrogens is 174 g/mol. The monoisotopic (exact) mass is 189 g/mol. The van der Waals surface area contributed by atoms with Gasteiger partial charge in [-0.05, 0) is 31.5 Å². The first-order chi connectivity index (χ1) is 6.72. The summed E-state index contributed by atoms with van der Waals surface area (Å²) in [5, 5.41) is 0. The summed E-state index contributed by atoms with van der Waals surface area (Å²) in [6.07, 6.45) is 2.99. The average Bonchev–Trinajstić information content (AvgIpc) is 2.59. The molecule has 2 rings (SSSR count). The summed E-state index contributed by atoms with van der Waals surface area (Å²) in [6.45, 7) is 4.37. The lowest BCUT2D eigenvalue weighted by Gasteiger charge is -2.11. The lowest BCUT2D eigenvalue weighted by molar-refractivity contribution is 0.544. The number of anilines is 1. The third-order valence-corrected chi connectivity index (χ3v) is 2.66. The normalized spacial score (nSPS) is 13.3. The van der Waals surface area contributed by atoms with E-state index in [1.54, 1.807) is 0 Å². The predicted octanol–water partition coefficient (Wildman–Crippen LogP) is 2.59. The van der Waals surface area contributed by atoms with Crippen LogP contribution in [-0.4, -0.2) is 9.55 Å². The highest BCUT2D eigenvalue weighted by Gasteiger charge is 2.06. The van der Waals surface area contributed by atoms with Gasteiger partial charge in [0, 0.05) is 11.7 Å². The zero-order valence-electron chi connectivity index (χ0n) is 8.57. The van der Waals surface area contributed by atoms with Gasteiger partial charge in [-0.2, -0.15) is 0 Å². The van der Waals surface area contributed by atoms with Gasteiger partial charge in [0.2, 0.25) is 0 Å². The summed E-state index contributed by atoms with van der Waals surface area (Å²) in [4.78, 5) is 4.33. The Morgan fingerprint density at radius 1 is 1.50 bits per heavy atom. The van der Waals surface area contributed by atoms with Gasteiger partial charge in [-0.25, -0.2) is 4.98 Å². The number of nitrogen functional groups attached to an aromatic ring is 1. The molecule has 1 atom stereocenters. The summed E-state index contributed by atoms with van der Waals surface area (Å²) in [6, 6.07) is 6.35. The van der Waals surface area contributed by atoms with E-state index in [2.05, 4.69) is 23.4 Å². The summed E-state index contributed by atoms with van der Waals surface area (Å²) in [7, 11) is 0. The minimum Gasteiger partial charge on any atom is -0.399 e. The number of aromatic nitrogens is 2. The Bertz CT molecular complexity index is 445. The molecule has 1 heterocycles. The first kappa shape index (κ1) is 9.06. The van der Waals surface area contributed by atoms with Gasteiger partial charge in [0.25, 0.3) is 0 Å². The van der Waals surface area contributed by atoms with Crippen LogP contribution in [0, 0.1) is 0 Å². The van der Waals surface area contributed by atoms with Crippen LogP contribution in [0.2, 0.25) is 0 Å². The molecule has 0 bridgehead atoms. The quantitative estimate of drug-likeness (QED) is 0.738. The van der Waals surface area contributed by atoms with Crippen LogP contribution in [0.1, 0.15) is 26.3 Å². The Kier molecular flexibility index (Phi) is 2.15. The molecule has 2 N–H and O–H groups in total. The van der Waals surface area contributed by atoms with E-state index in [1.165, 1.54) is 0 Å². The zero-order valence-corrected chi connectivity index (χ0v) is 8.57. The lowest BCUT2D eigenvalue weighted by Crippen LogP contribution is -2.01. The number of hydrogen-bond donors (Lipinski definition) is 1. The van der Waals surface area contributed by atoms with Crippen LogP contribution in [0.25, 0.3) is 11.0 Å². The van der Waals surface area contributed by atoms with E-state index < -0.39 is 0 Å². The number of rotatable bonds is 2. The Balaban J connectivity index is 2.58. The molecule has 0 amide bonds. The van der Waals surface area contributed by atoms with Crippen molar-refractivity contribution in [3.63, 3.8) is 0 Å². The SMILES string of the molecule is CCC(C)n1cnc2cc(N)ccc21. The molecule has 0 fully saturated rings. The molecule has 3 heteroatoms. The van der Waals surface area contributed by atoms with E-state index in [-0.39, 0.29) is 0 Å². The highest BCUT2D eigenvalue weighted by Crippen LogP contribution is 2.21. The molecule has 0 aliphatic carbocycles. The van der Waals surface area contributed by atoms with Crippen molar-refractivity contribution in [1.29, 1.82) is 0 Å². The molecule has 0 aliphatic heterocycles. The van der Waals surface area contributed by atoms with Gasteiger partial charge in [0.05, 0.1) is 17.4 Å². The van der Waals surface area contributed by atoms with Gasteiger partial charge in [0.15, 0.2) is 0 Å². The first-order valence-corrected chi connectivity index (χ1v) is 4.94.